The Morgan fingerprint density at radius 2 is 1.94 bits per heavy atom. The van der Waals surface area contributed by atoms with E-state index in [1.165, 1.54) is 24.3 Å². The molecule has 31 heavy (non-hydrogen) atoms. The van der Waals surface area contributed by atoms with E-state index in [1.54, 1.807) is 0 Å². The first-order valence-electron chi connectivity index (χ1n) is 8.29. The number of rotatable bonds is 9. The van der Waals surface area contributed by atoms with Gasteiger partial charge in [-0.2, -0.15) is 13.2 Å². The maximum Gasteiger partial charge on any atom is 0.416 e. The van der Waals surface area contributed by atoms with Gasteiger partial charge in [0.2, 0.25) is 11.3 Å². The van der Waals surface area contributed by atoms with Crippen molar-refractivity contribution in [2.24, 2.45) is 5.18 Å². The number of nitro groups is 1. The molecule has 2 aromatic carbocycles. The van der Waals surface area contributed by atoms with Crippen LogP contribution < -0.4 is 4.74 Å². The van der Waals surface area contributed by atoms with Crippen LogP contribution in [0.2, 0.25) is 5.02 Å². The van der Waals surface area contributed by atoms with Crippen molar-refractivity contribution in [3.63, 3.8) is 0 Å². The van der Waals surface area contributed by atoms with E-state index in [9.17, 15) is 33.0 Å². The predicted molar refractivity (Wildman–Crippen MR) is 104 cm³/mol. The van der Waals surface area contributed by atoms with Crippen LogP contribution in [0, 0.1) is 15.0 Å². The highest BCUT2D eigenvalue weighted by molar-refractivity contribution is 6.63. The standard InChI is InChI=1S/C18H13Cl2F3N2O6/c1-30-17(25(28)29,9-15(20)26)16(24-27)10-3-2-4-12(7-10)31-14-6-5-11(8-13(14)19)18(21,22)23/h2-8,16H,9H2,1H3. The lowest BCUT2D eigenvalue weighted by Gasteiger charge is -2.26. The van der Waals surface area contributed by atoms with E-state index in [2.05, 4.69) is 5.18 Å². The van der Waals surface area contributed by atoms with E-state index in [0.717, 1.165) is 19.2 Å². The fraction of sp³-hybridized carbons (Fsp3) is 0.278. The van der Waals surface area contributed by atoms with E-state index in [1.807, 2.05) is 0 Å². The molecule has 2 unspecified atom stereocenters. The Kier molecular flexibility index (Phi) is 7.58. The molecule has 2 rings (SSSR count). The van der Waals surface area contributed by atoms with Gasteiger partial charge in [-0.3, -0.25) is 14.9 Å². The molecule has 0 aliphatic heterocycles. The number of carbonyl (C=O) groups is 1. The van der Waals surface area contributed by atoms with Gasteiger partial charge in [0, 0.05) is 7.11 Å². The van der Waals surface area contributed by atoms with Crippen LogP contribution in [0.15, 0.2) is 47.6 Å². The Balaban J connectivity index is 2.43. The first kappa shape index (κ1) is 24.5. The van der Waals surface area contributed by atoms with Gasteiger partial charge in [-0.15, -0.1) is 4.91 Å². The lowest BCUT2D eigenvalue weighted by atomic mass is 9.94. The predicted octanol–water partition coefficient (Wildman–Crippen LogP) is 5.73. The number of halogens is 5. The van der Waals surface area contributed by atoms with Gasteiger partial charge < -0.3 is 9.47 Å². The van der Waals surface area contributed by atoms with Crippen molar-refractivity contribution >= 4 is 28.4 Å². The molecule has 13 heteroatoms. The van der Waals surface area contributed by atoms with Gasteiger partial charge in [-0.25, -0.2) is 0 Å². The average Bonchev–Trinajstić information content (AvgIpc) is 2.68. The van der Waals surface area contributed by atoms with Gasteiger partial charge in [0.05, 0.1) is 15.5 Å². The summed E-state index contributed by atoms with van der Waals surface area (Å²) in [5.41, 5.74) is -3.62. The number of ether oxygens (including phenoxy) is 2. The molecule has 0 spiro atoms. The summed E-state index contributed by atoms with van der Waals surface area (Å²) in [6, 6.07) is 5.81. The number of benzene rings is 2. The molecule has 8 nitrogen and oxygen atoms in total. The average molecular weight is 481 g/mol. The molecule has 0 amide bonds. The summed E-state index contributed by atoms with van der Waals surface area (Å²) in [7, 11) is 0.920. The van der Waals surface area contributed by atoms with Crippen LogP contribution in [0.4, 0.5) is 13.2 Å². The number of carbonyl (C=O) groups excluding carboxylic acids is 1. The van der Waals surface area contributed by atoms with Crippen molar-refractivity contribution in [2.75, 3.05) is 7.11 Å². The number of nitroso groups, excluding NO2 is 1. The van der Waals surface area contributed by atoms with Crippen molar-refractivity contribution in [1.82, 2.24) is 0 Å². The summed E-state index contributed by atoms with van der Waals surface area (Å²) in [6.07, 6.45) is -5.55. The summed E-state index contributed by atoms with van der Waals surface area (Å²) < 4.78 is 48.6. The molecular weight excluding hydrogens is 468 g/mol. The molecule has 2 aromatic rings. The minimum atomic E-state index is -4.60. The molecule has 0 saturated carbocycles. The summed E-state index contributed by atoms with van der Waals surface area (Å²) in [5, 5.41) is 12.9. The Labute approximate surface area is 183 Å². The fourth-order valence-electron chi connectivity index (χ4n) is 2.76. The largest absolute Gasteiger partial charge is 0.456 e. The van der Waals surface area contributed by atoms with Crippen LogP contribution in [0.1, 0.15) is 23.6 Å². The second-order valence-electron chi connectivity index (χ2n) is 6.16. The quantitative estimate of drug-likeness (QED) is 0.149. The number of hydrogen-bond donors (Lipinski definition) is 0. The molecule has 0 heterocycles. The van der Waals surface area contributed by atoms with Crippen LogP contribution in [0.5, 0.6) is 11.5 Å². The minimum Gasteiger partial charge on any atom is -0.456 e. The second kappa shape index (κ2) is 9.58. The molecule has 2 atom stereocenters. The third-order valence-electron chi connectivity index (χ3n) is 4.25. The zero-order valence-electron chi connectivity index (χ0n) is 15.6. The fourth-order valence-corrected chi connectivity index (χ4v) is 3.17. The molecule has 0 N–H and O–H groups in total. The van der Waals surface area contributed by atoms with Crippen LogP contribution in [-0.2, 0) is 15.7 Å². The normalized spacial score (nSPS) is 14.4. The lowest BCUT2D eigenvalue weighted by molar-refractivity contribution is -0.631. The molecule has 0 fully saturated rings. The summed E-state index contributed by atoms with van der Waals surface area (Å²) in [6.45, 7) is 0. The maximum atomic E-state index is 12.8. The summed E-state index contributed by atoms with van der Waals surface area (Å²) in [5.74, 6) is -0.149. The maximum absolute atomic E-state index is 12.8. The molecular formula is C18H13Cl2F3N2O6. The summed E-state index contributed by atoms with van der Waals surface area (Å²) in [4.78, 5) is 33.5. The van der Waals surface area contributed by atoms with E-state index in [0.29, 0.717) is 6.07 Å². The van der Waals surface area contributed by atoms with Crippen molar-refractivity contribution in [1.29, 1.82) is 0 Å². The van der Waals surface area contributed by atoms with Crippen LogP contribution in [0.3, 0.4) is 0 Å². The Morgan fingerprint density at radius 1 is 1.26 bits per heavy atom. The highest BCUT2D eigenvalue weighted by Gasteiger charge is 2.55. The zero-order valence-corrected chi connectivity index (χ0v) is 17.1. The van der Waals surface area contributed by atoms with Crippen LogP contribution in [0.25, 0.3) is 0 Å². The van der Waals surface area contributed by atoms with Gasteiger partial charge in [0.25, 0.3) is 0 Å². The molecule has 0 saturated heterocycles. The number of alkyl halides is 3. The Hall–Kier alpha value is -2.76. The lowest BCUT2D eigenvalue weighted by Crippen LogP contribution is -2.46. The number of nitrogens with zero attached hydrogens (tertiary/aromatic N) is 2. The van der Waals surface area contributed by atoms with E-state index in [-0.39, 0.29) is 22.1 Å². The van der Waals surface area contributed by atoms with Gasteiger partial charge in [-0.05, 0) is 47.5 Å². The third-order valence-corrected chi connectivity index (χ3v) is 4.68. The highest BCUT2D eigenvalue weighted by Crippen LogP contribution is 2.40. The summed E-state index contributed by atoms with van der Waals surface area (Å²) >= 11 is 11.1. The molecule has 0 aliphatic carbocycles. The van der Waals surface area contributed by atoms with Crippen LogP contribution in [-0.4, -0.2) is 23.0 Å². The molecule has 0 aliphatic rings. The van der Waals surface area contributed by atoms with Gasteiger partial charge in [-0.1, -0.05) is 28.9 Å². The van der Waals surface area contributed by atoms with E-state index >= 15 is 0 Å². The third kappa shape index (κ3) is 5.49. The van der Waals surface area contributed by atoms with Gasteiger partial charge in [0.15, 0.2) is 0 Å². The molecule has 0 bridgehead atoms. The Morgan fingerprint density at radius 3 is 2.42 bits per heavy atom. The minimum absolute atomic E-state index is 0.0154. The molecule has 0 radical (unpaired) electrons. The highest BCUT2D eigenvalue weighted by atomic mass is 35.5. The van der Waals surface area contributed by atoms with Gasteiger partial charge >= 0.3 is 11.9 Å². The number of hydrogen-bond acceptors (Lipinski definition) is 7. The first-order valence-corrected chi connectivity index (χ1v) is 9.05. The van der Waals surface area contributed by atoms with Gasteiger partial charge in [0.1, 0.15) is 17.9 Å². The van der Waals surface area contributed by atoms with E-state index in [4.69, 9.17) is 32.7 Å². The van der Waals surface area contributed by atoms with Crippen LogP contribution >= 0.6 is 23.2 Å². The SMILES string of the molecule is COC(CC(=O)Cl)(C(N=O)c1cccc(Oc2ccc(C(F)(F)F)cc2Cl)c1)[N+](=O)[O-]. The molecule has 0 aromatic heterocycles. The smallest absolute Gasteiger partial charge is 0.416 e. The second-order valence-corrected chi connectivity index (χ2v) is 6.99. The topological polar surface area (TPSA) is 108 Å². The van der Waals surface area contributed by atoms with Crippen molar-refractivity contribution in [3.05, 3.63) is 73.6 Å². The van der Waals surface area contributed by atoms with E-state index < -0.39 is 40.1 Å². The van der Waals surface area contributed by atoms with Crippen molar-refractivity contribution < 1.29 is 32.4 Å². The number of methoxy groups -OCH3 is 1. The first-order chi connectivity index (χ1) is 14.4. The van der Waals surface area contributed by atoms with Crippen molar-refractivity contribution in [2.45, 2.75) is 24.4 Å². The Bertz CT molecular complexity index is 1000. The monoisotopic (exact) mass is 480 g/mol. The zero-order chi connectivity index (χ0) is 23.4. The van der Waals surface area contributed by atoms with Crippen molar-refractivity contribution in [3.8, 4) is 11.5 Å². The molecule has 166 valence electrons.